The second-order valence-corrected chi connectivity index (χ2v) is 6.30. The highest BCUT2D eigenvalue weighted by molar-refractivity contribution is 7.16. The van der Waals surface area contributed by atoms with Crippen molar-refractivity contribution in [1.82, 2.24) is 4.98 Å². The molecule has 2 aromatic rings. The number of piperidine rings is 1. The normalized spacial score (nSPS) is 23.2. The van der Waals surface area contributed by atoms with Crippen LogP contribution in [0.2, 0.25) is 0 Å². The minimum Gasteiger partial charge on any atom is -0.388 e. The van der Waals surface area contributed by atoms with E-state index in [4.69, 9.17) is 0 Å². The van der Waals surface area contributed by atoms with E-state index >= 15 is 0 Å². The molecular formula is C13H15N3O3S. The smallest absolute Gasteiger partial charge is 0.319 e. The van der Waals surface area contributed by atoms with Crippen LogP contribution in [0.4, 0.5) is 11.4 Å². The van der Waals surface area contributed by atoms with Crippen LogP contribution in [0.5, 0.6) is 0 Å². The van der Waals surface area contributed by atoms with Crippen molar-refractivity contribution in [2.75, 3.05) is 18.0 Å². The molecule has 1 aromatic heterocycles. The van der Waals surface area contributed by atoms with Crippen molar-refractivity contribution in [2.24, 2.45) is 0 Å². The second kappa shape index (κ2) is 4.68. The number of aromatic nitrogens is 1. The summed E-state index contributed by atoms with van der Waals surface area (Å²) in [5.41, 5.74) is 1.84. The maximum absolute atomic E-state index is 11.4. The highest BCUT2D eigenvalue weighted by Gasteiger charge is 2.32. The number of benzene rings is 1. The van der Waals surface area contributed by atoms with Crippen molar-refractivity contribution in [1.29, 1.82) is 0 Å². The van der Waals surface area contributed by atoms with Gasteiger partial charge in [-0.25, -0.2) is 4.98 Å². The van der Waals surface area contributed by atoms with Crippen LogP contribution in [0.15, 0.2) is 17.6 Å². The Hall–Kier alpha value is -1.73. The number of nitro benzene ring substituents is 1. The lowest BCUT2D eigenvalue weighted by Crippen LogP contribution is -2.46. The van der Waals surface area contributed by atoms with E-state index < -0.39 is 5.60 Å². The molecule has 1 fully saturated rings. The summed E-state index contributed by atoms with van der Waals surface area (Å²) >= 11 is 1.39. The maximum Gasteiger partial charge on any atom is 0.319 e. The van der Waals surface area contributed by atoms with Gasteiger partial charge in [0.1, 0.15) is 5.69 Å². The fourth-order valence-electron chi connectivity index (χ4n) is 2.77. The van der Waals surface area contributed by atoms with Gasteiger partial charge in [-0.15, -0.1) is 11.3 Å². The molecule has 1 aliphatic rings. The minimum absolute atomic E-state index is 0.0430. The molecule has 0 spiro atoms. The quantitative estimate of drug-likeness (QED) is 0.680. The first-order chi connectivity index (χ1) is 9.48. The summed E-state index contributed by atoms with van der Waals surface area (Å²) in [5, 5.41) is 21.6. The summed E-state index contributed by atoms with van der Waals surface area (Å²) in [5.74, 6) is 0. The van der Waals surface area contributed by atoms with Crippen LogP contribution in [0.1, 0.15) is 19.8 Å². The topological polar surface area (TPSA) is 79.5 Å². The summed E-state index contributed by atoms with van der Waals surface area (Å²) in [6, 6.07) is 3.62. The number of nitro groups is 1. The Morgan fingerprint density at radius 3 is 3.05 bits per heavy atom. The summed E-state index contributed by atoms with van der Waals surface area (Å²) in [4.78, 5) is 17.1. The molecule has 0 saturated carbocycles. The highest BCUT2D eigenvalue weighted by Crippen LogP contribution is 2.38. The van der Waals surface area contributed by atoms with E-state index in [0.717, 1.165) is 17.5 Å². The van der Waals surface area contributed by atoms with Gasteiger partial charge in [0.15, 0.2) is 5.52 Å². The third-order valence-corrected chi connectivity index (χ3v) is 4.45. The van der Waals surface area contributed by atoms with Crippen molar-refractivity contribution in [3.8, 4) is 0 Å². The molecule has 1 saturated heterocycles. The van der Waals surface area contributed by atoms with E-state index in [2.05, 4.69) is 4.98 Å². The molecule has 106 valence electrons. The van der Waals surface area contributed by atoms with Crippen molar-refractivity contribution >= 4 is 32.9 Å². The van der Waals surface area contributed by atoms with Crippen LogP contribution < -0.4 is 4.90 Å². The average Bonchev–Trinajstić information content (AvgIpc) is 2.83. The number of rotatable bonds is 2. The number of fused-ring (bicyclic) bond motifs is 1. The number of thiazole rings is 1. The molecule has 6 nitrogen and oxygen atoms in total. The lowest BCUT2D eigenvalue weighted by molar-refractivity contribution is -0.382. The van der Waals surface area contributed by atoms with Crippen LogP contribution in [0, 0.1) is 10.1 Å². The number of β-amino-alcohol motifs (C(OH)–C–C–N with tert-alkyl or cyclic N) is 1. The van der Waals surface area contributed by atoms with Gasteiger partial charge in [0.05, 0.1) is 20.7 Å². The van der Waals surface area contributed by atoms with Gasteiger partial charge in [-0.3, -0.25) is 10.1 Å². The third kappa shape index (κ3) is 2.23. The SMILES string of the molecule is CC1(O)CCCN(c2ccc3scnc3c2[N+](=O)[O-])C1. The molecule has 2 heterocycles. The Bertz CT molecular complexity index is 668. The molecule has 1 aromatic carbocycles. The number of hydrogen-bond donors (Lipinski definition) is 1. The van der Waals surface area contributed by atoms with Crippen molar-refractivity contribution in [2.45, 2.75) is 25.4 Å². The fourth-order valence-corrected chi connectivity index (χ4v) is 3.45. The van der Waals surface area contributed by atoms with Crippen LogP contribution >= 0.6 is 11.3 Å². The monoisotopic (exact) mass is 293 g/mol. The van der Waals surface area contributed by atoms with Crippen molar-refractivity contribution in [3.63, 3.8) is 0 Å². The van der Waals surface area contributed by atoms with E-state index in [9.17, 15) is 15.2 Å². The number of nitrogens with zero attached hydrogens (tertiary/aromatic N) is 3. The third-order valence-electron chi connectivity index (χ3n) is 3.65. The molecule has 0 bridgehead atoms. The maximum atomic E-state index is 11.4. The van der Waals surface area contributed by atoms with Gasteiger partial charge in [-0.05, 0) is 31.9 Å². The Labute approximate surface area is 119 Å². The lowest BCUT2D eigenvalue weighted by atomic mass is 9.94. The largest absolute Gasteiger partial charge is 0.388 e. The summed E-state index contributed by atoms with van der Waals surface area (Å²) in [7, 11) is 0. The first-order valence-corrected chi connectivity index (χ1v) is 7.34. The molecule has 0 amide bonds. The lowest BCUT2D eigenvalue weighted by Gasteiger charge is -2.37. The molecule has 1 N–H and O–H groups in total. The zero-order valence-corrected chi connectivity index (χ0v) is 11.9. The molecular weight excluding hydrogens is 278 g/mol. The van der Waals surface area contributed by atoms with Crippen molar-refractivity contribution in [3.05, 3.63) is 27.8 Å². The Balaban J connectivity index is 2.11. The van der Waals surface area contributed by atoms with Gasteiger partial charge in [0.2, 0.25) is 0 Å². The summed E-state index contributed by atoms with van der Waals surface area (Å²) in [6.07, 6.45) is 1.54. The number of anilines is 1. The first-order valence-electron chi connectivity index (χ1n) is 6.46. The van der Waals surface area contributed by atoms with E-state index in [1.54, 1.807) is 18.5 Å². The Morgan fingerprint density at radius 2 is 2.35 bits per heavy atom. The molecule has 20 heavy (non-hydrogen) atoms. The van der Waals surface area contributed by atoms with Gasteiger partial charge < -0.3 is 10.0 Å². The van der Waals surface area contributed by atoms with Gasteiger partial charge in [0, 0.05) is 13.1 Å². The molecule has 1 unspecified atom stereocenters. The minimum atomic E-state index is -0.802. The zero-order valence-electron chi connectivity index (χ0n) is 11.1. The molecule has 3 rings (SSSR count). The number of hydrogen-bond acceptors (Lipinski definition) is 6. The summed E-state index contributed by atoms with van der Waals surface area (Å²) < 4.78 is 0.809. The molecule has 1 atom stereocenters. The van der Waals surface area contributed by atoms with Gasteiger partial charge >= 0.3 is 5.69 Å². The van der Waals surface area contributed by atoms with E-state index in [1.165, 1.54) is 11.3 Å². The van der Waals surface area contributed by atoms with Crippen LogP contribution in [-0.4, -0.2) is 33.7 Å². The van der Waals surface area contributed by atoms with Gasteiger partial charge in [-0.1, -0.05) is 0 Å². The summed E-state index contributed by atoms with van der Waals surface area (Å²) in [6.45, 7) is 2.89. The van der Waals surface area contributed by atoms with E-state index in [-0.39, 0.29) is 10.6 Å². The van der Waals surface area contributed by atoms with Crippen molar-refractivity contribution < 1.29 is 10.0 Å². The molecule has 0 aliphatic carbocycles. The number of aliphatic hydroxyl groups is 1. The average molecular weight is 293 g/mol. The Morgan fingerprint density at radius 1 is 1.55 bits per heavy atom. The first kappa shape index (κ1) is 13.3. The Kier molecular flexibility index (Phi) is 3.10. The predicted octanol–water partition coefficient (Wildman–Crippen LogP) is 2.56. The van der Waals surface area contributed by atoms with Gasteiger partial charge in [0.25, 0.3) is 0 Å². The zero-order chi connectivity index (χ0) is 14.3. The molecule has 7 heteroatoms. The second-order valence-electron chi connectivity index (χ2n) is 5.41. The fraction of sp³-hybridized carbons (Fsp3) is 0.462. The standard InChI is InChI=1S/C13H15N3O3S/c1-13(17)5-2-6-15(7-13)9-3-4-10-11(14-8-20-10)12(9)16(18)19/h3-4,8,17H,2,5-7H2,1H3. The van der Waals surface area contributed by atoms with E-state index in [1.807, 2.05) is 11.0 Å². The van der Waals surface area contributed by atoms with Crippen LogP contribution in [0.25, 0.3) is 10.2 Å². The van der Waals surface area contributed by atoms with Crippen LogP contribution in [0.3, 0.4) is 0 Å². The molecule has 1 aliphatic heterocycles. The highest BCUT2D eigenvalue weighted by atomic mass is 32.1. The molecule has 0 radical (unpaired) electrons. The van der Waals surface area contributed by atoms with Gasteiger partial charge in [-0.2, -0.15) is 0 Å². The van der Waals surface area contributed by atoms with E-state index in [0.29, 0.717) is 24.3 Å². The van der Waals surface area contributed by atoms with Crippen LogP contribution in [-0.2, 0) is 0 Å². The predicted molar refractivity (Wildman–Crippen MR) is 78.3 cm³/mol.